The normalized spacial score (nSPS) is 19.8. The lowest BCUT2D eigenvalue weighted by Crippen LogP contribution is -2.43. The van der Waals surface area contributed by atoms with Gasteiger partial charge in [-0.25, -0.2) is 0 Å². The zero-order chi connectivity index (χ0) is 13.6. The van der Waals surface area contributed by atoms with Crippen LogP contribution in [0.2, 0.25) is 0 Å². The Bertz CT molecular complexity index is 420. The summed E-state index contributed by atoms with van der Waals surface area (Å²) in [6, 6.07) is 10.1. The van der Waals surface area contributed by atoms with E-state index in [-0.39, 0.29) is 14.2 Å². The molecule has 2 aliphatic rings. The van der Waals surface area contributed by atoms with Crippen molar-refractivity contribution in [3.63, 3.8) is 0 Å². The Kier molecular flexibility index (Phi) is 4.92. The molecular weight excluding hydrogens is 254 g/mol. The van der Waals surface area contributed by atoms with Gasteiger partial charge in [-0.1, -0.05) is 36.4 Å². The Morgan fingerprint density at radius 3 is 1.80 bits per heavy atom. The molecule has 2 fully saturated rings. The van der Waals surface area contributed by atoms with Gasteiger partial charge in [0, 0.05) is 26.4 Å². The summed E-state index contributed by atoms with van der Waals surface area (Å²) >= 11 is 0. The topological polar surface area (TPSA) is 36.9 Å². The van der Waals surface area contributed by atoms with E-state index < -0.39 is 0 Å². The van der Waals surface area contributed by atoms with Gasteiger partial charge in [-0.15, -0.1) is 0 Å². The minimum absolute atomic E-state index is 0.368. The summed E-state index contributed by atoms with van der Waals surface area (Å²) in [7, 11) is -0.737. The van der Waals surface area contributed by atoms with Crippen LogP contribution in [0.4, 0.5) is 0 Å². The van der Waals surface area contributed by atoms with E-state index in [1.807, 2.05) is 36.4 Å². The molecule has 0 atom stereocenters. The lowest BCUT2D eigenvalue weighted by molar-refractivity contribution is 0.127. The number of hydrogen-bond acceptors (Lipinski definition) is 4. The van der Waals surface area contributed by atoms with Crippen LogP contribution in [0.1, 0.15) is 18.4 Å². The Hall–Kier alpha value is -1.07. The van der Waals surface area contributed by atoms with Crippen molar-refractivity contribution in [3.8, 4) is 0 Å². The smallest absolute Gasteiger partial charge is 0.408 e. The zero-order valence-electron chi connectivity index (χ0n) is 11.5. The van der Waals surface area contributed by atoms with E-state index in [9.17, 15) is 0 Å². The first-order valence-electron chi connectivity index (χ1n) is 7.16. The van der Waals surface area contributed by atoms with Gasteiger partial charge in [-0.05, 0) is 23.8 Å². The van der Waals surface area contributed by atoms with Crippen LogP contribution in [-0.2, 0) is 18.6 Å². The maximum Gasteiger partial charge on any atom is 0.485 e. The van der Waals surface area contributed by atoms with Crippen molar-refractivity contribution >= 4 is 20.3 Å². The summed E-state index contributed by atoms with van der Waals surface area (Å²) in [4.78, 5) is 0. The Balaban J connectivity index is 1.83. The predicted molar refractivity (Wildman–Crippen MR) is 79.0 cm³/mol. The lowest BCUT2D eigenvalue weighted by Gasteiger charge is -2.27. The molecule has 0 saturated carbocycles. The van der Waals surface area contributed by atoms with Crippen LogP contribution in [0.25, 0.3) is 6.08 Å². The molecule has 0 spiro atoms. The molecular formula is C14H18B2O4. The summed E-state index contributed by atoms with van der Waals surface area (Å²) < 4.78 is 22.9. The first kappa shape index (κ1) is 13.9. The van der Waals surface area contributed by atoms with Crippen LogP contribution in [0, 0.1) is 0 Å². The van der Waals surface area contributed by atoms with Crippen LogP contribution in [0.15, 0.2) is 35.7 Å². The quantitative estimate of drug-likeness (QED) is 0.788. The summed E-state index contributed by atoms with van der Waals surface area (Å²) in [6.07, 6.45) is 3.91. The van der Waals surface area contributed by atoms with Crippen LogP contribution in [0.3, 0.4) is 0 Å². The SMILES string of the molecule is C(=C(B1OCCCO1)B1OCCCO1)c1ccccc1. The first-order valence-corrected chi connectivity index (χ1v) is 7.16. The van der Waals surface area contributed by atoms with Crippen molar-refractivity contribution in [1.29, 1.82) is 0 Å². The molecule has 6 heteroatoms. The summed E-state index contributed by atoms with van der Waals surface area (Å²) in [5.74, 6) is 0. The molecule has 4 nitrogen and oxygen atoms in total. The fourth-order valence-corrected chi connectivity index (χ4v) is 2.35. The Morgan fingerprint density at radius 1 is 0.800 bits per heavy atom. The van der Waals surface area contributed by atoms with Crippen molar-refractivity contribution in [2.24, 2.45) is 0 Å². The lowest BCUT2D eigenvalue weighted by atomic mass is 9.56. The zero-order valence-corrected chi connectivity index (χ0v) is 11.5. The maximum atomic E-state index is 5.72. The second-order valence-electron chi connectivity index (χ2n) is 4.91. The highest BCUT2D eigenvalue weighted by Crippen LogP contribution is 2.20. The molecule has 0 N–H and O–H groups in total. The van der Waals surface area contributed by atoms with Gasteiger partial charge in [0.05, 0.1) is 0 Å². The van der Waals surface area contributed by atoms with Gasteiger partial charge in [-0.2, -0.15) is 0 Å². The van der Waals surface area contributed by atoms with Gasteiger partial charge in [-0.3, -0.25) is 0 Å². The second-order valence-corrected chi connectivity index (χ2v) is 4.91. The minimum atomic E-state index is -0.368. The predicted octanol–water partition coefficient (Wildman–Crippen LogP) is 2.00. The van der Waals surface area contributed by atoms with E-state index in [0.717, 1.165) is 23.8 Å². The highest BCUT2D eigenvalue weighted by Gasteiger charge is 2.38. The standard InChI is InChI=1S/C14H18B2O4/c1-2-6-13(7-3-1)12-14(15-17-8-4-9-18-15)16-19-10-5-11-20-16/h1-3,6-7,12H,4-5,8-11H2. The van der Waals surface area contributed by atoms with Crippen molar-refractivity contribution in [3.05, 3.63) is 41.3 Å². The van der Waals surface area contributed by atoms with E-state index in [0.29, 0.717) is 26.4 Å². The third kappa shape index (κ3) is 3.52. The molecule has 0 bridgehead atoms. The molecule has 104 valence electrons. The number of hydrogen-bond donors (Lipinski definition) is 0. The average molecular weight is 272 g/mol. The maximum absolute atomic E-state index is 5.72. The molecule has 0 aliphatic carbocycles. The molecule has 0 unspecified atom stereocenters. The Labute approximate surface area is 120 Å². The molecule has 1 aromatic carbocycles. The fraction of sp³-hybridized carbons (Fsp3) is 0.429. The van der Waals surface area contributed by atoms with Gasteiger partial charge in [0.1, 0.15) is 0 Å². The monoisotopic (exact) mass is 272 g/mol. The van der Waals surface area contributed by atoms with Crippen molar-refractivity contribution < 1.29 is 18.6 Å². The number of rotatable bonds is 3. The van der Waals surface area contributed by atoms with Crippen LogP contribution >= 0.6 is 0 Å². The van der Waals surface area contributed by atoms with E-state index in [2.05, 4.69) is 0 Å². The largest absolute Gasteiger partial charge is 0.485 e. The van der Waals surface area contributed by atoms with Crippen LogP contribution in [-0.4, -0.2) is 40.7 Å². The molecule has 1 aromatic rings. The van der Waals surface area contributed by atoms with Gasteiger partial charge in [0.15, 0.2) is 0 Å². The highest BCUT2D eigenvalue weighted by molar-refractivity contribution is 6.79. The molecule has 0 radical (unpaired) electrons. The minimum Gasteiger partial charge on any atom is -0.408 e. The number of benzene rings is 1. The van der Waals surface area contributed by atoms with Crippen molar-refractivity contribution in [2.75, 3.05) is 26.4 Å². The second kappa shape index (κ2) is 7.09. The van der Waals surface area contributed by atoms with E-state index in [4.69, 9.17) is 18.6 Å². The van der Waals surface area contributed by atoms with Gasteiger partial charge in [0.25, 0.3) is 0 Å². The summed E-state index contributed by atoms with van der Waals surface area (Å²) in [6.45, 7) is 2.85. The molecule has 0 aromatic heterocycles. The van der Waals surface area contributed by atoms with Crippen molar-refractivity contribution in [1.82, 2.24) is 0 Å². The van der Waals surface area contributed by atoms with E-state index in [1.54, 1.807) is 0 Å². The molecule has 2 saturated heterocycles. The molecule has 2 aliphatic heterocycles. The molecule has 0 amide bonds. The molecule has 2 heterocycles. The third-order valence-corrected chi connectivity index (χ3v) is 3.33. The van der Waals surface area contributed by atoms with Gasteiger partial charge >= 0.3 is 14.2 Å². The highest BCUT2D eigenvalue weighted by atomic mass is 16.6. The van der Waals surface area contributed by atoms with Crippen LogP contribution in [0.5, 0.6) is 0 Å². The van der Waals surface area contributed by atoms with E-state index in [1.165, 1.54) is 0 Å². The Morgan fingerprint density at radius 2 is 1.30 bits per heavy atom. The summed E-state index contributed by atoms with van der Waals surface area (Å²) in [5, 5.41) is 0.913. The van der Waals surface area contributed by atoms with Gasteiger partial charge < -0.3 is 18.6 Å². The average Bonchev–Trinajstić information content (AvgIpc) is 2.55. The summed E-state index contributed by atoms with van der Waals surface area (Å²) in [5.41, 5.74) is 1.10. The van der Waals surface area contributed by atoms with Gasteiger partial charge in [0.2, 0.25) is 0 Å². The molecule has 20 heavy (non-hydrogen) atoms. The molecule has 3 rings (SSSR count). The van der Waals surface area contributed by atoms with Crippen LogP contribution < -0.4 is 0 Å². The first-order chi connectivity index (χ1) is 9.93. The third-order valence-electron chi connectivity index (χ3n) is 3.33. The fourth-order valence-electron chi connectivity index (χ4n) is 2.35. The van der Waals surface area contributed by atoms with E-state index >= 15 is 0 Å². The van der Waals surface area contributed by atoms with Crippen molar-refractivity contribution in [2.45, 2.75) is 12.8 Å².